The Morgan fingerprint density at radius 3 is 2.44 bits per heavy atom. The number of ether oxygens (including phenoxy) is 2. The first-order chi connectivity index (χ1) is 15.0. The lowest BCUT2D eigenvalue weighted by molar-refractivity contribution is -0.116. The average molecular weight is 554 g/mol. The van der Waals surface area contributed by atoms with Crippen LogP contribution in [0.25, 0.3) is 0 Å². The summed E-state index contributed by atoms with van der Waals surface area (Å²) in [5.74, 6) is 1.79. The number of hydrogen-bond donors (Lipinski definition) is 3. The summed E-state index contributed by atoms with van der Waals surface area (Å²) in [5.41, 5.74) is 2.72. The van der Waals surface area contributed by atoms with E-state index in [-0.39, 0.29) is 29.9 Å². The number of methoxy groups -OCH3 is 1. The van der Waals surface area contributed by atoms with Crippen LogP contribution >= 0.6 is 24.0 Å². The Hall–Kier alpha value is -2.33. The van der Waals surface area contributed by atoms with Crippen LogP contribution in [-0.4, -0.2) is 39.2 Å². The molecule has 0 aliphatic heterocycles. The van der Waals surface area contributed by atoms with E-state index in [0.29, 0.717) is 38.1 Å². The second-order valence-electron chi connectivity index (χ2n) is 7.62. The fourth-order valence-corrected chi connectivity index (χ4v) is 2.90. The first-order valence-corrected chi connectivity index (χ1v) is 10.6. The van der Waals surface area contributed by atoms with Gasteiger partial charge in [0.1, 0.15) is 5.75 Å². The smallest absolute Gasteiger partial charge is 0.224 e. The zero-order chi connectivity index (χ0) is 22.5. The van der Waals surface area contributed by atoms with Gasteiger partial charge < -0.3 is 25.4 Å². The van der Waals surface area contributed by atoms with Gasteiger partial charge in [-0.25, -0.2) is 0 Å². The predicted octanol–water partition coefficient (Wildman–Crippen LogP) is 4.89. The van der Waals surface area contributed by atoms with Gasteiger partial charge in [-0.1, -0.05) is 32.0 Å². The zero-order valence-electron chi connectivity index (χ0n) is 19.3. The van der Waals surface area contributed by atoms with Crippen LogP contribution in [-0.2, 0) is 16.1 Å². The van der Waals surface area contributed by atoms with Crippen molar-refractivity contribution in [2.75, 3.05) is 38.0 Å². The lowest BCUT2D eigenvalue weighted by Gasteiger charge is -2.14. The monoisotopic (exact) mass is 554 g/mol. The molecule has 0 unspecified atom stereocenters. The summed E-state index contributed by atoms with van der Waals surface area (Å²) in [5, 5.41) is 9.52. The molecule has 0 saturated carbocycles. The van der Waals surface area contributed by atoms with Crippen molar-refractivity contribution in [1.82, 2.24) is 5.32 Å². The standard InChI is InChI=1S/C24H34N4O3.HI/c1-18(2)14-23(29)27-20-9-5-8-19(15-20)17-26-24(25-3)28-21-10-6-11-22(16-21)31-13-7-12-30-4;/h5-6,8-11,15-16,18H,7,12-14,17H2,1-4H3,(H,27,29)(H2,25,26,28);1H. The van der Waals surface area contributed by atoms with Crippen molar-refractivity contribution in [2.45, 2.75) is 33.2 Å². The summed E-state index contributed by atoms with van der Waals surface area (Å²) < 4.78 is 10.8. The molecule has 32 heavy (non-hydrogen) atoms. The molecule has 3 N–H and O–H groups in total. The Labute approximate surface area is 208 Å². The minimum Gasteiger partial charge on any atom is -0.493 e. The molecular formula is C24H35IN4O3. The van der Waals surface area contributed by atoms with Crippen LogP contribution in [0.4, 0.5) is 11.4 Å². The molecule has 0 spiro atoms. The van der Waals surface area contributed by atoms with Gasteiger partial charge in [-0.05, 0) is 35.7 Å². The molecule has 0 radical (unpaired) electrons. The molecule has 0 fully saturated rings. The summed E-state index contributed by atoms with van der Waals surface area (Å²) >= 11 is 0. The second kappa shape index (κ2) is 15.5. The Morgan fingerprint density at radius 2 is 1.75 bits per heavy atom. The number of rotatable bonds is 11. The number of carbonyl (C=O) groups is 1. The van der Waals surface area contributed by atoms with Gasteiger partial charge >= 0.3 is 0 Å². The van der Waals surface area contributed by atoms with E-state index in [4.69, 9.17) is 9.47 Å². The van der Waals surface area contributed by atoms with Crippen molar-refractivity contribution in [3.63, 3.8) is 0 Å². The highest BCUT2D eigenvalue weighted by Gasteiger charge is 2.06. The Morgan fingerprint density at radius 1 is 1.03 bits per heavy atom. The predicted molar refractivity (Wildman–Crippen MR) is 142 cm³/mol. The number of benzene rings is 2. The van der Waals surface area contributed by atoms with Crippen LogP contribution < -0.4 is 20.7 Å². The highest BCUT2D eigenvalue weighted by molar-refractivity contribution is 14.0. The largest absolute Gasteiger partial charge is 0.493 e. The van der Waals surface area contributed by atoms with Gasteiger partial charge in [-0.2, -0.15) is 0 Å². The number of aliphatic imine (C=N–C) groups is 1. The summed E-state index contributed by atoms with van der Waals surface area (Å²) in [6.45, 7) is 5.91. The third-order valence-electron chi connectivity index (χ3n) is 4.35. The molecule has 0 saturated heterocycles. The van der Waals surface area contributed by atoms with Crippen molar-refractivity contribution in [1.29, 1.82) is 0 Å². The molecule has 8 heteroatoms. The van der Waals surface area contributed by atoms with Gasteiger partial charge in [-0.3, -0.25) is 9.79 Å². The van der Waals surface area contributed by atoms with Crippen molar-refractivity contribution in [2.24, 2.45) is 10.9 Å². The molecule has 2 aromatic rings. The molecule has 0 bridgehead atoms. The number of amides is 1. The molecule has 0 heterocycles. The van der Waals surface area contributed by atoms with E-state index in [1.165, 1.54) is 0 Å². The van der Waals surface area contributed by atoms with Gasteiger partial charge in [0, 0.05) is 57.6 Å². The Kier molecular flexibility index (Phi) is 13.4. The van der Waals surface area contributed by atoms with E-state index in [2.05, 4.69) is 20.9 Å². The van der Waals surface area contributed by atoms with Crippen molar-refractivity contribution >= 4 is 47.2 Å². The number of carbonyl (C=O) groups excluding carboxylic acids is 1. The summed E-state index contributed by atoms with van der Waals surface area (Å²) in [6, 6.07) is 15.6. The number of nitrogens with zero attached hydrogens (tertiary/aromatic N) is 1. The van der Waals surface area contributed by atoms with Gasteiger partial charge in [0.2, 0.25) is 5.91 Å². The quantitative estimate of drug-likeness (QED) is 0.160. The molecule has 2 aromatic carbocycles. The molecule has 1 amide bonds. The van der Waals surface area contributed by atoms with E-state index in [9.17, 15) is 4.79 Å². The van der Waals surface area contributed by atoms with E-state index in [1.54, 1.807) is 14.2 Å². The minimum absolute atomic E-state index is 0. The van der Waals surface area contributed by atoms with Crippen molar-refractivity contribution in [3.05, 3.63) is 54.1 Å². The first kappa shape index (κ1) is 27.7. The van der Waals surface area contributed by atoms with Gasteiger partial charge in [0.15, 0.2) is 5.96 Å². The highest BCUT2D eigenvalue weighted by Crippen LogP contribution is 2.18. The molecule has 7 nitrogen and oxygen atoms in total. The lowest BCUT2D eigenvalue weighted by atomic mass is 10.1. The zero-order valence-corrected chi connectivity index (χ0v) is 21.6. The number of guanidine groups is 1. The van der Waals surface area contributed by atoms with E-state index < -0.39 is 0 Å². The highest BCUT2D eigenvalue weighted by atomic mass is 127. The average Bonchev–Trinajstić information content (AvgIpc) is 2.74. The van der Waals surface area contributed by atoms with Crippen LogP contribution in [0.5, 0.6) is 5.75 Å². The topological polar surface area (TPSA) is 84.0 Å². The molecule has 0 atom stereocenters. The normalized spacial score (nSPS) is 11.0. The van der Waals surface area contributed by atoms with Gasteiger partial charge in [-0.15, -0.1) is 24.0 Å². The van der Waals surface area contributed by atoms with Crippen LogP contribution in [0.2, 0.25) is 0 Å². The number of anilines is 2. The molecule has 176 valence electrons. The van der Waals surface area contributed by atoms with Gasteiger partial charge in [0.25, 0.3) is 0 Å². The molecular weight excluding hydrogens is 519 g/mol. The van der Waals surface area contributed by atoms with E-state index in [0.717, 1.165) is 29.1 Å². The van der Waals surface area contributed by atoms with Gasteiger partial charge in [0.05, 0.1) is 6.61 Å². The maximum Gasteiger partial charge on any atom is 0.224 e. The van der Waals surface area contributed by atoms with Crippen molar-refractivity contribution < 1.29 is 14.3 Å². The maximum atomic E-state index is 12.0. The SMILES string of the molecule is CN=C(NCc1cccc(NC(=O)CC(C)C)c1)Nc1cccc(OCCCOC)c1.I. The third-order valence-corrected chi connectivity index (χ3v) is 4.35. The van der Waals surface area contributed by atoms with Crippen LogP contribution in [0.15, 0.2) is 53.5 Å². The third kappa shape index (κ3) is 10.8. The summed E-state index contributed by atoms with van der Waals surface area (Å²) in [7, 11) is 3.41. The van der Waals surface area contributed by atoms with Crippen LogP contribution in [0, 0.1) is 5.92 Å². The second-order valence-corrected chi connectivity index (χ2v) is 7.62. The molecule has 0 aliphatic rings. The summed E-state index contributed by atoms with van der Waals surface area (Å²) in [6.07, 6.45) is 1.35. The van der Waals surface area contributed by atoms with E-state index in [1.807, 2.05) is 62.4 Å². The van der Waals surface area contributed by atoms with Crippen LogP contribution in [0.1, 0.15) is 32.3 Å². The minimum atomic E-state index is 0. The first-order valence-electron chi connectivity index (χ1n) is 10.6. The van der Waals surface area contributed by atoms with Crippen LogP contribution in [0.3, 0.4) is 0 Å². The fraction of sp³-hybridized carbons (Fsp3) is 0.417. The fourth-order valence-electron chi connectivity index (χ4n) is 2.90. The number of nitrogens with one attached hydrogen (secondary N) is 3. The Balaban J connectivity index is 0.00000512. The maximum absolute atomic E-state index is 12.0. The Bertz CT molecular complexity index is 859. The molecule has 0 aromatic heterocycles. The van der Waals surface area contributed by atoms with E-state index >= 15 is 0 Å². The molecule has 2 rings (SSSR count). The number of hydrogen-bond acceptors (Lipinski definition) is 4. The molecule has 0 aliphatic carbocycles. The lowest BCUT2D eigenvalue weighted by Crippen LogP contribution is -2.30. The summed E-state index contributed by atoms with van der Waals surface area (Å²) in [4.78, 5) is 16.3. The number of halogens is 1. The van der Waals surface area contributed by atoms with Crippen molar-refractivity contribution in [3.8, 4) is 5.75 Å².